The highest BCUT2D eigenvalue weighted by Crippen LogP contribution is 2.15. The summed E-state index contributed by atoms with van der Waals surface area (Å²) in [6.45, 7) is 3.72. The third-order valence-electron chi connectivity index (χ3n) is 2.85. The van der Waals surface area contributed by atoms with Gasteiger partial charge in [0.1, 0.15) is 0 Å². The second-order valence-corrected chi connectivity index (χ2v) is 4.84. The van der Waals surface area contributed by atoms with Gasteiger partial charge in [0.15, 0.2) is 0 Å². The zero-order valence-electron chi connectivity index (χ0n) is 11.7. The summed E-state index contributed by atoms with van der Waals surface area (Å²) in [5.41, 5.74) is 2.54. The molecule has 0 heterocycles. The van der Waals surface area contributed by atoms with Gasteiger partial charge >= 0.3 is 0 Å². The molecule has 0 unspecified atom stereocenters. The summed E-state index contributed by atoms with van der Waals surface area (Å²) in [5.74, 6) is -0.0776. The van der Waals surface area contributed by atoms with Crippen molar-refractivity contribution < 1.29 is 9.59 Å². The minimum absolute atomic E-state index is 0.0776. The summed E-state index contributed by atoms with van der Waals surface area (Å²) >= 11 is 3.86. The van der Waals surface area contributed by atoms with E-state index in [1.54, 1.807) is 6.92 Å². The van der Waals surface area contributed by atoms with E-state index in [1.165, 1.54) is 6.92 Å². The molecule has 3 nitrogen and oxygen atoms in total. The van der Waals surface area contributed by atoms with E-state index in [0.717, 1.165) is 11.1 Å². The first kappa shape index (κ1) is 16.2. The maximum Gasteiger partial charge on any atom is 0.216 e. The number of thiol groups is 1. The van der Waals surface area contributed by atoms with E-state index in [4.69, 9.17) is 0 Å². The highest BCUT2D eigenvalue weighted by atomic mass is 32.1. The topological polar surface area (TPSA) is 46.2 Å². The molecular weight excluding hydrogens is 270 g/mol. The predicted octanol–water partition coefficient (Wildman–Crippen LogP) is 3.00. The molecular formula is C16H19NO2S. The lowest BCUT2D eigenvalue weighted by Crippen LogP contribution is -2.21. The fraction of sp³-hybridized carbons (Fsp3) is 0.250. The van der Waals surface area contributed by atoms with E-state index >= 15 is 0 Å². The van der Waals surface area contributed by atoms with Crippen LogP contribution in [0.15, 0.2) is 47.6 Å². The minimum Gasteiger partial charge on any atom is -0.356 e. The van der Waals surface area contributed by atoms with Gasteiger partial charge in [0.05, 0.1) is 0 Å². The molecule has 0 aliphatic rings. The Morgan fingerprint density at radius 1 is 1.20 bits per heavy atom. The Bertz CT molecular complexity index is 533. The predicted molar refractivity (Wildman–Crippen MR) is 85.5 cm³/mol. The van der Waals surface area contributed by atoms with Crippen LogP contribution in [0.25, 0.3) is 6.08 Å². The van der Waals surface area contributed by atoms with E-state index in [0.29, 0.717) is 18.5 Å². The van der Waals surface area contributed by atoms with Gasteiger partial charge in [-0.05, 0) is 24.5 Å². The first-order chi connectivity index (χ1) is 9.50. The van der Waals surface area contributed by atoms with E-state index < -0.39 is 0 Å². The molecule has 0 saturated heterocycles. The van der Waals surface area contributed by atoms with Crippen molar-refractivity contribution in [2.45, 2.75) is 20.3 Å². The number of allylic oxidation sites excluding steroid dienone is 1. The molecule has 4 heteroatoms. The van der Waals surface area contributed by atoms with E-state index in [9.17, 15) is 9.59 Å². The Hall–Kier alpha value is -1.81. The monoisotopic (exact) mass is 289 g/mol. The van der Waals surface area contributed by atoms with Crippen LogP contribution in [0, 0.1) is 0 Å². The van der Waals surface area contributed by atoms with Gasteiger partial charge in [0.25, 0.3) is 0 Å². The average molecular weight is 289 g/mol. The second-order valence-electron chi connectivity index (χ2n) is 4.43. The molecule has 1 N–H and O–H groups in total. The van der Waals surface area contributed by atoms with Gasteiger partial charge in [0.2, 0.25) is 11.0 Å². The molecule has 0 spiro atoms. The summed E-state index contributed by atoms with van der Waals surface area (Å²) in [6.07, 6.45) is 4.45. The Morgan fingerprint density at radius 2 is 1.85 bits per heavy atom. The average Bonchev–Trinajstić information content (AvgIpc) is 2.42. The highest BCUT2D eigenvalue weighted by Gasteiger charge is 2.05. The third kappa shape index (κ3) is 5.89. The molecule has 0 aliphatic carbocycles. The molecule has 0 radical (unpaired) electrons. The molecule has 0 aromatic heterocycles. The Kier molecular flexibility index (Phi) is 6.81. The van der Waals surface area contributed by atoms with Crippen LogP contribution in [-0.4, -0.2) is 17.6 Å². The standard InChI is InChI=1S/C16H19NO2S/c1-12(16(19)20)15(10-11-17-13(2)18)9-8-14-6-4-3-5-7-14/h3-9H,10-11H2,1-2H3,(H,17,18)(H,19,20)/b9-8+,15-12-. The molecule has 20 heavy (non-hydrogen) atoms. The van der Waals surface area contributed by atoms with Gasteiger partial charge in [-0.1, -0.05) is 42.5 Å². The van der Waals surface area contributed by atoms with Crippen molar-refractivity contribution in [3.63, 3.8) is 0 Å². The Morgan fingerprint density at radius 3 is 2.40 bits per heavy atom. The largest absolute Gasteiger partial charge is 0.356 e. The smallest absolute Gasteiger partial charge is 0.216 e. The highest BCUT2D eigenvalue weighted by molar-refractivity contribution is 7.97. The van der Waals surface area contributed by atoms with Gasteiger partial charge in [0, 0.05) is 19.0 Å². The van der Waals surface area contributed by atoms with Crippen molar-refractivity contribution in [1.82, 2.24) is 5.32 Å². The maximum atomic E-state index is 11.4. The summed E-state index contributed by atoms with van der Waals surface area (Å²) in [5, 5.41) is 2.48. The Balaban J connectivity index is 2.83. The summed E-state index contributed by atoms with van der Waals surface area (Å²) < 4.78 is 0. The number of carbonyl (C=O) groups is 2. The first-order valence-electron chi connectivity index (χ1n) is 6.41. The second kappa shape index (κ2) is 8.38. The van der Waals surface area contributed by atoms with Crippen LogP contribution >= 0.6 is 12.6 Å². The first-order valence-corrected chi connectivity index (χ1v) is 6.86. The van der Waals surface area contributed by atoms with Crippen molar-refractivity contribution in [2.75, 3.05) is 6.54 Å². The molecule has 1 aromatic rings. The number of rotatable bonds is 6. The molecule has 0 atom stereocenters. The van der Waals surface area contributed by atoms with Crippen molar-refractivity contribution in [1.29, 1.82) is 0 Å². The fourth-order valence-corrected chi connectivity index (χ4v) is 1.81. The van der Waals surface area contributed by atoms with Gasteiger partial charge < -0.3 is 5.32 Å². The van der Waals surface area contributed by atoms with Crippen LogP contribution in [0.5, 0.6) is 0 Å². The zero-order valence-corrected chi connectivity index (χ0v) is 12.6. The number of amides is 1. The summed E-state index contributed by atoms with van der Waals surface area (Å²) in [6, 6.07) is 9.83. The van der Waals surface area contributed by atoms with E-state index in [2.05, 4.69) is 17.9 Å². The lowest BCUT2D eigenvalue weighted by Gasteiger charge is -2.07. The number of nitrogens with one attached hydrogen (secondary N) is 1. The normalized spacial score (nSPS) is 12.2. The molecule has 106 valence electrons. The quantitative estimate of drug-likeness (QED) is 0.480. The van der Waals surface area contributed by atoms with E-state index in [-0.39, 0.29) is 11.0 Å². The minimum atomic E-state index is -0.250. The van der Waals surface area contributed by atoms with Gasteiger partial charge in [-0.3, -0.25) is 9.59 Å². The maximum absolute atomic E-state index is 11.4. The van der Waals surface area contributed by atoms with Crippen molar-refractivity contribution in [3.8, 4) is 0 Å². The molecule has 0 saturated carbocycles. The Labute approximate surface area is 125 Å². The lowest BCUT2D eigenvalue weighted by atomic mass is 10.0. The van der Waals surface area contributed by atoms with Crippen molar-refractivity contribution >= 4 is 29.7 Å². The van der Waals surface area contributed by atoms with Crippen LogP contribution < -0.4 is 5.32 Å². The molecule has 1 rings (SSSR count). The third-order valence-corrected chi connectivity index (χ3v) is 3.18. The van der Waals surface area contributed by atoms with Gasteiger partial charge in [-0.25, -0.2) is 0 Å². The fourth-order valence-electron chi connectivity index (χ4n) is 1.67. The lowest BCUT2D eigenvalue weighted by molar-refractivity contribution is -0.118. The molecule has 0 bridgehead atoms. The SMILES string of the molecule is CC(=O)NCCC(/C=C/c1ccccc1)=C(/C)C(=O)S. The van der Waals surface area contributed by atoms with Crippen LogP contribution in [0.1, 0.15) is 25.8 Å². The number of hydrogen-bond acceptors (Lipinski definition) is 2. The van der Waals surface area contributed by atoms with Crippen molar-refractivity contribution in [3.05, 3.63) is 53.1 Å². The molecule has 1 aromatic carbocycles. The summed E-state index contributed by atoms with van der Waals surface area (Å²) in [4.78, 5) is 22.3. The summed E-state index contributed by atoms with van der Waals surface area (Å²) in [7, 11) is 0. The van der Waals surface area contributed by atoms with E-state index in [1.807, 2.05) is 42.5 Å². The van der Waals surface area contributed by atoms with Crippen LogP contribution in [-0.2, 0) is 9.59 Å². The van der Waals surface area contributed by atoms with Crippen LogP contribution in [0.2, 0.25) is 0 Å². The number of carbonyl (C=O) groups excluding carboxylic acids is 2. The molecule has 0 fully saturated rings. The van der Waals surface area contributed by atoms with Crippen LogP contribution in [0.4, 0.5) is 0 Å². The van der Waals surface area contributed by atoms with Gasteiger partial charge in [-0.15, -0.1) is 12.6 Å². The zero-order chi connectivity index (χ0) is 15.0. The number of hydrogen-bond donors (Lipinski definition) is 2. The van der Waals surface area contributed by atoms with Crippen molar-refractivity contribution in [2.24, 2.45) is 0 Å². The van der Waals surface area contributed by atoms with Crippen LogP contribution in [0.3, 0.4) is 0 Å². The molecule has 1 amide bonds. The molecule has 0 aliphatic heterocycles. The number of benzene rings is 1. The van der Waals surface area contributed by atoms with Gasteiger partial charge in [-0.2, -0.15) is 0 Å².